The van der Waals surface area contributed by atoms with Gasteiger partial charge in [0.2, 0.25) is 0 Å². The lowest BCUT2D eigenvalue weighted by Gasteiger charge is -2.12. The summed E-state index contributed by atoms with van der Waals surface area (Å²) in [5, 5.41) is 2.62. The molecule has 0 spiro atoms. The van der Waals surface area contributed by atoms with Crippen LogP contribution in [-0.4, -0.2) is 6.54 Å². The Morgan fingerprint density at radius 1 is 1.21 bits per heavy atom. The molecule has 0 unspecified atom stereocenters. The molecule has 5 heteroatoms. The molecule has 2 rings (SSSR count). The number of alkyl halides is 3. The lowest BCUT2D eigenvalue weighted by Crippen LogP contribution is -2.09. The highest BCUT2D eigenvalue weighted by atomic mass is 19.4. The van der Waals surface area contributed by atoms with E-state index >= 15 is 0 Å². The van der Waals surface area contributed by atoms with Crippen molar-refractivity contribution in [3.8, 4) is 0 Å². The lowest BCUT2D eigenvalue weighted by molar-refractivity contribution is -0.137. The number of rotatable bonds is 0. The molecule has 1 aliphatic heterocycles. The predicted molar refractivity (Wildman–Crippen MR) is 43.6 cm³/mol. The molecule has 0 bridgehead atoms. The van der Waals surface area contributed by atoms with E-state index < -0.39 is 17.6 Å². The Labute approximate surface area is 77.7 Å². The molecule has 0 aliphatic carbocycles. The zero-order valence-electron chi connectivity index (χ0n) is 7.08. The second kappa shape index (κ2) is 2.87. The minimum absolute atomic E-state index is 0.0268. The number of nitrogens with one attached hydrogen (secondary N) is 1. The minimum atomic E-state index is -4.50. The van der Waals surface area contributed by atoms with Crippen LogP contribution < -0.4 is 5.32 Å². The van der Waals surface area contributed by atoms with E-state index in [1.54, 1.807) is 0 Å². The van der Waals surface area contributed by atoms with E-state index in [2.05, 4.69) is 5.32 Å². The summed E-state index contributed by atoms with van der Waals surface area (Å²) in [6.45, 7) is 0.432. The average Bonchev–Trinajstić information content (AvgIpc) is 2.47. The third-order valence-corrected chi connectivity index (χ3v) is 2.19. The number of benzene rings is 1. The highest BCUT2D eigenvalue weighted by molar-refractivity contribution is 5.62. The van der Waals surface area contributed by atoms with Crippen LogP contribution in [0, 0.1) is 5.82 Å². The van der Waals surface area contributed by atoms with E-state index in [4.69, 9.17) is 0 Å². The van der Waals surface area contributed by atoms with Gasteiger partial charge < -0.3 is 5.32 Å². The Kier molecular flexibility index (Phi) is 1.90. The Balaban J connectivity index is 2.60. The highest BCUT2D eigenvalue weighted by Gasteiger charge is 2.36. The van der Waals surface area contributed by atoms with Gasteiger partial charge in [0.25, 0.3) is 0 Å². The molecule has 76 valence electrons. The second-order valence-corrected chi connectivity index (χ2v) is 3.16. The summed E-state index contributed by atoms with van der Waals surface area (Å²) in [5.41, 5.74) is -0.485. The molecule has 1 heterocycles. The van der Waals surface area contributed by atoms with Gasteiger partial charge in [0.05, 0.1) is 5.56 Å². The Bertz CT molecular complexity index is 370. The van der Waals surface area contributed by atoms with Crippen LogP contribution in [0.4, 0.5) is 23.2 Å². The van der Waals surface area contributed by atoms with Crippen LogP contribution >= 0.6 is 0 Å². The topological polar surface area (TPSA) is 12.0 Å². The van der Waals surface area contributed by atoms with Crippen LogP contribution in [0.2, 0.25) is 0 Å². The van der Waals surface area contributed by atoms with E-state index in [0.717, 1.165) is 6.07 Å². The van der Waals surface area contributed by atoms with Crippen molar-refractivity contribution in [1.29, 1.82) is 0 Å². The molecule has 0 saturated heterocycles. The van der Waals surface area contributed by atoms with Crippen LogP contribution in [0.25, 0.3) is 0 Å². The van der Waals surface area contributed by atoms with Crippen molar-refractivity contribution < 1.29 is 17.6 Å². The largest absolute Gasteiger partial charge is 0.418 e. The van der Waals surface area contributed by atoms with Crippen LogP contribution in [-0.2, 0) is 12.6 Å². The average molecular weight is 205 g/mol. The zero-order chi connectivity index (χ0) is 10.3. The maximum Gasteiger partial charge on any atom is 0.418 e. The van der Waals surface area contributed by atoms with E-state index in [0.29, 0.717) is 24.6 Å². The molecule has 0 saturated carbocycles. The summed E-state index contributed by atoms with van der Waals surface area (Å²) < 4.78 is 50.1. The van der Waals surface area contributed by atoms with Gasteiger partial charge in [-0.15, -0.1) is 0 Å². The molecule has 0 amide bonds. The molecule has 1 aliphatic rings. The van der Waals surface area contributed by atoms with Gasteiger partial charge in [0.1, 0.15) is 5.82 Å². The Morgan fingerprint density at radius 2 is 1.93 bits per heavy atom. The lowest BCUT2D eigenvalue weighted by atomic mass is 10.1. The van der Waals surface area contributed by atoms with Crippen molar-refractivity contribution in [3.63, 3.8) is 0 Å². The smallest absolute Gasteiger partial charge is 0.384 e. The molecular weight excluding hydrogens is 198 g/mol. The van der Waals surface area contributed by atoms with Crippen LogP contribution in [0.1, 0.15) is 11.1 Å². The first-order chi connectivity index (χ1) is 6.48. The van der Waals surface area contributed by atoms with Crippen molar-refractivity contribution in [2.45, 2.75) is 12.6 Å². The van der Waals surface area contributed by atoms with E-state index in [1.165, 1.54) is 0 Å². The monoisotopic (exact) mass is 205 g/mol. The number of halogens is 4. The first kappa shape index (κ1) is 9.30. The first-order valence-electron chi connectivity index (χ1n) is 4.12. The van der Waals surface area contributed by atoms with E-state index in [1.807, 2.05) is 0 Å². The third-order valence-electron chi connectivity index (χ3n) is 2.19. The van der Waals surface area contributed by atoms with Crippen molar-refractivity contribution in [3.05, 3.63) is 29.1 Å². The van der Waals surface area contributed by atoms with Gasteiger partial charge in [0.15, 0.2) is 0 Å². The van der Waals surface area contributed by atoms with E-state index in [-0.39, 0.29) is 5.69 Å². The number of fused-ring (bicyclic) bond motifs is 1. The predicted octanol–water partition coefficient (Wildman–Crippen LogP) is 2.81. The fourth-order valence-electron chi connectivity index (χ4n) is 1.61. The van der Waals surface area contributed by atoms with Gasteiger partial charge in [-0.1, -0.05) is 0 Å². The zero-order valence-corrected chi connectivity index (χ0v) is 7.08. The Morgan fingerprint density at radius 3 is 2.57 bits per heavy atom. The fourth-order valence-corrected chi connectivity index (χ4v) is 1.61. The van der Waals surface area contributed by atoms with Crippen molar-refractivity contribution in [1.82, 2.24) is 0 Å². The van der Waals surface area contributed by atoms with Crippen LogP contribution in [0.3, 0.4) is 0 Å². The van der Waals surface area contributed by atoms with Gasteiger partial charge >= 0.3 is 6.18 Å². The Hall–Kier alpha value is -1.26. The van der Waals surface area contributed by atoms with Gasteiger partial charge in [-0.25, -0.2) is 4.39 Å². The molecular formula is C9H7F4N. The second-order valence-electron chi connectivity index (χ2n) is 3.16. The highest BCUT2D eigenvalue weighted by Crippen LogP contribution is 2.39. The van der Waals surface area contributed by atoms with Gasteiger partial charge in [-0.2, -0.15) is 13.2 Å². The standard InChI is InChI=1S/C9H7F4N/c10-6-3-5-1-2-14-8(5)7(4-6)9(11,12)13/h3-4,14H,1-2H2. The maximum absolute atomic E-state index is 12.8. The molecule has 0 atom stereocenters. The fraction of sp³-hybridized carbons (Fsp3) is 0.333. The molecule has 0 aromatic heterocycles. The van der Waals surface area contributed by atoms with Crippen molar-refractivity contribution >= 4 is 5.69 Å². The molecule has 1 N–H and O–H groups in total. The summed E-state index contributed by atoms with van der Waals surface area (Å²) in [6.07, 6.45) is -4.06. The molecule has 1 nitrogen and oxygen atoms in total. The number of hydrogen-bond acceptors (Lipinski definition) is 1. The minimum Gasteiger partial charge on any atom is -0.384 e. The van der Waals surface area contributed by atoms with Crippen LogP contribution in [0.5, 0.6) is 0 Å². The molecule has 0 radical (unpaired) electrons. The molecule has 14 heavy (non-hydrogen) atoms. The van der Waals surface area contributed by atoms with Crippen molar-refractivity contribution in [2.24, 2.45) is 0 Å². The quantitative estimate of drug-likeness (QED) is 0.642. The van der Waals surface area contributed by atoms with E-state index in [9.17, 15) is 17.6 Å². The number of anilines is 1. The number of hydrogen-bond donors (Lipinski definition) is 1. The van der Waals surface area contributed by atoms with Crippen LogP contribution in [0.15, 0.2) is 12.1 Å². The van der Waals surface area contributed by atoms with Crippen molar-refractivity contribution in [2.75, 3.05) is 11.9 Å². The summed E-state index contributed by atoms with van der Waals surface area (Å²) >= 11 is 0. The molecule has 1 aromatic rings. The normalized spacial score (nSPS) is 15.1. The third kappa shape index (κ3) is 1.42. The molecule has 1 aromatic carbocycles. The molecule has 0 fully saturated rings. The maximum atomic E-state index is 12.8. The summed E-state index contributed by atoms with van der Waals surface area (Å²) in [6, 6.07) is 1.67. The SMILES string of the molecule is Fc1cc2c(c(C(F)(F)F)c1)NCC2. The first-order valence-corrected chi connectivity index (χ1v) is 4.12. The summed E-state index contributed by atoms with van der Waals surface area (Å²) in [7, 11) is 0. The summed E-state index contributed by atoms with van der Waals surface area (Å²) in [5.74, 6) is -0.834. The van der Waals surface area contributed by atoms with Gasteiger partial charge in [0, 0.05) is 12.2 Å². The van der Waals surface area contributed by atoms with Gasteiger partial charge in [-0.05, 0) is 24.1 Å². The summed E-state index contributed by atoms with van der Waals surface area (Å²) in [4.78, 5) is 0. The van der Waals surface area contributed by atoms with Gasteiger partial charge in [-0.3, -0.25) is 0 Å².